The van der Waals surface area contributed by atoms with Gasteiger partial charge in [0.25, 0.3) is 0 Å². The molecule has 0 spiro atoms. The van der Waals surface area contributed by atoms with Crippen molar-refractivity contribution >= 4 is 5.91 Å². The van der Waals surface area contributed by atoms with Crippen LogP contribution >= 0.6 is 0 Å². The van der Waals surface area contributed by atoms with Crippen molar-refractivity contribution in [1.29, 1.82) is 0 Å². The first-order chi connectivity index (χ1) is 6.24. The Hall–Kier alpha value is -0.830. The zero-order valence-corrected chi connectivity index (χ0v) is 8.39. The fourth-order valence-corrected chi connectivity index (χ4v) is 1.35. The fraction of sp³-hybridized carbons (Fsp3) is 0.700. The number of rotatable bonds is 3. The third-order valence-corrected chi connectivity index (χ3v) is 2.41. The minimum atomic E-state index is 0.0173. The molecule has 1 unspecified atom stereocenters. The summed E-state index contributed by atoms with van der Waals surface area (Å²) in [6.07, 6.45) is 4.11. The normalized spacial score (nSPS) is 24.3. The Labute approximate surface area is 79.6 Å². The predicted molar refractivity (Wildman–Crippen MR) is 53.5 cm³/mol. The van der Waals surface area contributed by atoms with E-state index >= 15 is 0 Å². The molecule has 0 bridgehead atoms. The second-order valence-corrected chi connectivity index (χ2v) is 3.50. The number of hydrogen-bond acceptors (Lipinski definition) is 2. The largest absolute Gasteiger partial charge is 0.355 e. The Balaban J connectivity index is 2.31. The third-order valence-electron chi connectivity index (χ3n) is 2.41. The van der Waals surface area contributed by atoms with Crippen LogP contribution < -0.4 is 10.6 Å². The highest BCUT2D eigenvalue weighted by Crippen LogP contribution is 2.03. The van der Waals surface area contributed by atoms with Gasteiger partial charge in [-0.25, -0.2) is 0 Å². The van der Waals surface area contributed by atoms with Crippen LogP contribution in [0.3, 0.4) is 0 Å². The van der Waals surface area contributed by atoms with Gasteiger partial charge in [-0.05, 0) is 26.7 Å². The average Bonchev–Trinajstić information content (AvgIpc) is 2.16. The van der Waals surface area contributed by atoms with Gasteiger partial charge < -0.3 is 10.6 Å². The molecule has 1 amide bonds. The number of carbonyl (C=O) groups is 1. The maximum atomic E-state index is 11.3. The van der Waals surface area contributed by atoms with Crippen LogP contribution in [0.2, 0.25) is 0 Å². The average molecular weight is 182 g/mol. The van der Waals surface area contributed by atoms with E-state index in [1.54, 1.807) is 0 Å². The van der Waals surface area contributed by atoms with Crippen molar-refractivity contribution < 1.29 is 4.79 Å². The van der Waals surface area contributed by atoms with Gasteiger partial charge in [0.1, 0.15) is 0 Å². The second-order valence-electron chi connectivity index (χ2n) is 3.50. The smallest absolute Gasteiger partial charge is 0.237 e. The molecule has 0 aromatic heterocycles. The Bertz CT molecular complexity index is 211. The van der Waals surface area contributed by atoms with E-state index in [4.69, 9.17) is 0 Å². The molecular formula is C10H18N2O. The summed E-state index contributed by atoms with van der Waals surface area (Å²) in [6, 6.07) is 0.0173. The zero-order chi connectivity index (χ0) is 9.68. The number of hydrogen-bond donors (Lipinski definition) is 2. The van der Waals surface area contributed by atoms with Crippen LogP contribution in [0, 0.1) is 0 Å². The Kier molecular flexibility index (Phi) is 3.96. The maximum absolute atomic E-state index is 11.3. The molecule has 0 aliphatic carbocycles. The molecule has 1 aliphatic heterocycles. The van der Waals surface area contributed by atoms with Gasteiger partial charge in [0.05, 0.1) is 6.04 Å². The van der Waals surface area contributed by atoms with Crippen molar-refractivity contribution in [3.05, 3.63) is 11.6 Å². The van der Waals surface area contributed by atoms with E-state index in [1.807, 2.05) is 6.92 Å². The van der Waals surface area contributed by atoms with Gasteiger partial charge in [0, 0.05) is 13.1 Å². The highest BCUT2D eigenvalue weighted by molar-refractivity contribution is 5.82. The summed E-state index contributed by atoms with van der Waals surface area (Å²) in [5.74, 6) is 0.148. The van der Waals surface area contributed by atoms with Crippen LogP contribution in [0.1, 0.15) is 26.7 Å². The summed E-state index contributed by atoms with van der Waals surface area (Å²) in [4.78, 5) is 11.3. The molecule has 0 aromatic carbocycles. The summed E-state index contributed by atoms with van der Waals surface area (Å²) < 4.78 is 0. The summed E-state index contributed by atoms with van der Waals surface area (Å²) in [7, 11) is 0. The van der Waals surface area contributed by atoms with Crippen molar-refractivity contribution in [3.8, 4) is 0 Å². The summed E-state index contributed by atoms with van der Waals surface area (Å²) in [5.41, 5.74) is 1.28. The minimum absolute atomic E-state index is 0.0173. The molecule has 1 heterocycles. The number of nitrogens with one attached hydrogen (secondary N) is 2. The Morgan fingerprint density at radius 2 is 2.54 bits per heavy atom. The van der Waals surface area contributed by atoms with Gasteiger partial charge in [-0.2, -0.15) is 0 Å². The lowest BCUT2D eigenvalue weighted by Crippen LogP contribution is -2.48. The molecule has 1 aliphatic rings. The summed E-state index contributed by atoms with van der Waals surface area (Å²) in [5, 5.41) is 6.09. The maximum Gasteiger partial charge on any atom is 0.237 e. The lowest BCUT2D eigenvalue weighted by atomic mass is 10.1. The molecule has 1 saturated heterocycles. The minimum Gasteiger partial charge on any atom is -0.355 e. The monoisotopic (exact) mass is 182 g/mol. The number of carbonyl (C=O) groups excluding carboxylic acids is 1. The standard InChI is InChI=1S/C10H18N2O/c1-3-8(2)7-12-9-5-4-6-11-10(9)13/h3,9,12H,4-7H2,1-2H3,(H,11,13)/b8-3-. The lowest BCUT2D eigenvalue weighted by molar-refractivity contribution is -0.124. The molecule has 1 rings (SSSR count). The van der Waals surface area contributed by atoms with Crippen LogP contribution in [-0.2, 0) is 4.79 Å². The van der Waals surface area contributed by atoms with E-state index in [2.05, 4.69) is 23.6 Å². The first-order valence-electron chi connectivity index (χ1n) is 4.87. The molecule has 74 valence electrons. The van der Waals surface area contributed by atoms with Crippen molar-refractivity contribution in [3.63, 3.8) is 0 Å². The van der Waals surface area contributed by atoms with Gasteiger partial charge in [-0.1, -0.05) is 11.6 Å². The molecule has 3 nitrogen and oxygen atoms in total. The van der Waals surface area contributed by atoms with Crippen LogP contribution in [0.5, 0.6) is 0 Å². The van der Waals surface area contributed by atoms with E-state index in [-0.39, 0.29) is 11.9 Å². The van der Waals surface area contributed by atoms with Gasteiger partial charge in [-0.3, -0.25) is 4.79 Å². The van der Waals surface area contributed by atoms with Crippen molar-refractivity contribution in [2.45, 2.75) is 32.7 Å². The highest BCUT2D eigenvalue weighted by Gasteiger charge is 2.20. The number of amides is 1. The van der Waals surface area contributed by atoms with Gasteiger partial charge in [0.2, 0.25) is 5.91 Å². The molecule has 3 heteroatoms. The SMILES string of the molecule is C/C=C(/C)CNC1CCCNC1=O. The van der Waals surface area contributed by atoms with E-state index in [0.29, 0.717) is 0 Å². The predicted octanol–water partition coefficient (Wildman–Crippen LogP) is 0.821. The quantitative estimate of drug-likeness (QED) is 0.634. The molecule has 0 aromatic rings. The molecule has 1 atom stereocenters. The van der Waals surface area contributed by atoms with E-state index in [0.717, 1.165) is 25.9 Å². The molecule has 13 heavy (non-hydrogen) atoms. The Morgan fingerprint density at radius 3 is 3.15 bits per heavy atom. The first kappa shape index (κ1) is 10.3. The highest BCUT2D eigenvalue weighted by atomic mass is 16.2. The third kappa shape index (κ3) is 3.19. The molecule has 0 saturated carbocycles. The number of piperidine rings is 1. The van der Waals surface area contributed by atoms with Crippen LogP contribution in [0.4, 0.5) is 0 Å². The lowest BCUT2D eigenvalue weighted by Gasteiger charge is -2.22. The summed E-state index contributed by atoms with van der Waals surface area (Å²) >= 11 is 0. The number of allylic oxidation sites excluding steroid dienone is 1. The molecule has 1 fully saturated rings. The van der Waals surface area contributed by atoms with Crippen molar-refractivity contribution in [1.82, 2.24) is 10.6 Å². The van der Waals surface area contributed by atoms with Crippen LogP contribution in [0.25, 0.3) is 0 Å². The Morgan fingerprint density at radius 1 is 1.77 bits per heavy atom. The van der Waals surface area contributed by atoms with Crippen LogP contribution in [0.15, 0.2) is 11.6 Å². The second kappa shape index (κ2) is 5.02. The molecule has 0 radical (unpaired) electrons. The van der Waals surface area contributed by atoms with E-state index in [9.17, 15) is 4.79 Å². The van der Waals surface area contributed by atoms with Crippen molar-refractivity contribution in [2.24, 2.45) is 0 Å². The van der Waals surface area contributed by atoms with Gasteiger partial charge in [-0.15, -0.1) is 0 Å². The fourth-order valence-electron chi connectivity index (χ4n) is 1.35. The molecular weight excluding hydrogens is 164 g/mol. The summed E-state index contributed by atoms with van der Waals surface area (Å²) in [6.45, 7) is 5.72. The van der Waals surface area contributed by atoms with E-state index in [1.165, 1.54) is 5.57 Å². The molecule has 2 N–H and O–H groups in total. The topological polar surface area (TPSA) is 41.1 Å². The van der Waals surface area contributed by atoms with E-state index < -0.39 is 0 Å². The zero-order valence-electron chi connectivity index (χ0n) is 8.39. The van der Waals surface area contributed by atoms with Gasteiger partial charge >= 0.3 is 0 Å². The van der Waals surface area contributed by atoms with Crippen molar-refractivity contribution in [2.75, 3.05) is 13.1 Å². The first-order valence-corrected chi connectivity index (χ1v) is 4.87. The van der Waals surface area contributed by atoms with Gasteiger partial charge in [0.15, 0.2) is 0 Å². The van der Waals surface area contributed by atoms with Crippen LogP contribution in [-0.4, -0.2) is 25.0 Å².